The predicted octanol–water partition coefficient (Wildman–Crippen LogP) is 3.81. The summed E-state index contributed by atoms with van der Waals surface area (Å²) in [5.41, 5.74) is 0. The maximum absolute atomic E-state index is 13.7. The van der Waals surface area contributed by atoms with Gasteiger partial charge < -0.3 is 19.1 Å². The number of piperidine rings is 2. The summed E-state index contributed by atoms with van der Waals surface area (Å²) in [5, 5.41) is 0. The number of rotatable bonds is 9. The van der Waals surface area contributed by atoms with E-state index in [0.29, 0.717) is 31.0 Å². The van der Waals surface area contributed by atoms with Crippen LogP contribution < -0.4 is 0 Å². The summed E-state index contributed by atoms with van der Waals surface area (Å²) in [6.45, 7) is 9.05. The van der Waals surface area contributed by atoms with E-state index in [1.54, 1.807) is 7.11 Å². The van der Waals surface area contributed by atoms with Crippen LogP contribution in [0.4, 0.5) is 0 Å². The van der Waals surface area contributed by atoms with Gasteiger partial charge in [-0.15, -0.1) is 0 Å². The summed E-state index contributed by atoms with van der Waals surface area (Å²) < 4.78 is 7.45. The zero-order valence-corrected chi connectivity index (χ0v) is 18.1. The van der Waals surface area contributed by atoms with E-state index in [4.69, 9.17) is 4.74 Å². The Balaban J connectivity index is 1.74. The molecule has 0 unspecified atom stereocenters. The Morgan fingerprint density at radius 1 is 1.14 bits per heavy atom. The third-order valence-corrected chi connectivity index (χ3v) is 6.53. The zero-order chi connectivity index (χ0) is 19.9. The summed E-state index contributed by atoms with van der Waals surface area (Å²) in [6.07, 6.45) is 11.4. The molecule has 0 bridgehead atoms. The number of methoxy groups -OCH3 is 1. The number of ether oxygens (including phenoxy) is 1. The van der Waals surface area contributed by atoms with Crippen LogP contribution in [0, 0.1) is 11.8 Å². The van der Waals surface area contributed by atoms with Gasteiger partial charge in [-0.05, 0) is 69.2 Å². The van der Waals surface area contributed by atoms with Crippen LogP contribution in [0.5, 0.6) is 0 Å². The minimum Gasteiger partial charge on any atom is -0.383 e. The standard InChI is InChI=1S/C23H39N3O2/c1-19(2)17-22(25-12-6-7-13-25)23(27)26(15-16-28-3)18-20-9-8-14-24-11-5-4-10-21(20)24/h6-7,12-13,19-22H,4-5,8-11,14-18H2,1-3H3/t20-,21+,22-/m0/s1. The fourth-order valence-corrected chi connectivity index (χ4v) is 5.13. The average molecular weight is 390 g/mol. The molecular formula is C23H39N3O2. The number of hydrogen-bond donors (Lipinski definition) is 0. The van der Waals surface area contributed by atoms with E-state index >= 15 is 0 Å². The molecule has 158 valence electrons. The van der Waals surface area contributed by atoms with Crippen molar-refractivity contribution in [3.05, 3.63) is 24.5 Å². The van der Waals surface area contributed by atoms with Gasteiger partial charge in [0.25, 0.3) is 0 Å². The lowest BCUT2D eigenvalue weighted by molar-refractivity contribution is -0.137. The normalized spacial score (nSPS) is 24.1. The number of carbonyl (C=O) groups excluding carboxylic acids is 1. The fraction of sp³-hybridized carbons (Fsp3) is 0.783. The van der Waals surface area contributed by atoms with Gasteiger partial charge in [-0.1, -0.05) is 20.3 Å². The van der Waals surface area contributed by atoms with Crippen molar-refractivity contribution in [2.75, 3.05) is 39.9 Å². The van der Waals surface area contributed by atoms with E-state index in [0.717, 1.165) is 13.0 Å². The largest absolute Gasteiger partial charge is 0.383 e. The van der Waals surface area contributed by atoms with Gasteiger partial charge in [0.15, 0.2) is 0 Å². The minimum absolute atomic E-state index is 0.113. The first-order chi connectivity index (χ1) is 13.6. The van der Waals surface area contributed by atoms with Gasteiger partial charge in [0.05, 0.1) is 6.61 Å². The number of carbonyl (C=O) groups is 1. The lowest BCUT2D eigenvalue weighted by atomic mass is 9.83. The van der Waals surface area contributed by atoms with Gasteiger partial charge in [0.2, 0.25) is 5.91 Å². The van der Waals surface area contributed by atoms with Crippen LogP contribution >= 0.6 is 0 Å². The highest BCUT2D eigenvalue weighted by molar-refractivity contribution is 5.80. The van der Waals surface area contributed by atoms with Gasteiger partial charge in [0, 0.05) is 38.6 Å². The second-order valence-electron chi connectivity index (χ2n) is 9.05. The van der Waals surface area contributed by atoms with E-state index in [1.165, 1.54) is 45.2 Å². The molecular weight excluding hydrogens is 350 g/mol. The Bertz CT molecular complexity index is 585. The Morgan fingerprint density at radius 2 is 1.89 bits per heavy atom. The lowest BCUT2D eigenvalue weighted by Gasteiger charge is -2.46. The minimum atomic E-state index is -0.113. The van der Waals surface area contributed by atoms with E-state index in [2.05, 4.69) is 28.2 Å². The van der Waals surface area contributed by atoms with E-state index in [-0.39, 0.29) is 11.9 Å². The quantitative estimate of drug-likeness (QED) is 0.644. The summed E-state index contributed by atoms with van der Waals surface area (Å²) in [7, 11) is 1.73. The number of amides is 1. The number of aromatic nitrogens is 1. The maximum Gasteiger partial charge on any atom is 0.245 e. The highest BCUT2D eigenvalue weighted by Crippen LogP contribution is 2.32. The molecule has 0 aromatic carbocycles. The molecule has 2 fully saturated rings. The van der Waals surface area contributed by atoms with Crippen molar-refractivity contribution >= 4 is 5.91 Å². The molecule has 3 rings (SSSR count). The Labute approximate surface area is 171 Å². The predicted molar refractivity (Wildman–Crippen MR) is 113 cm³/mol. The molecule has 1 aromatic heterocycles. The Hall–Kier alpha value is -1.33. The molecule has 2 aliphatic rings. The molecule has 0 aliphatic carbocycles. The van der Waals surface area contributed by atoms with E-state index in [1.807, 2.05) is 24.5 Å². The monoisotopic (exact) mass is 389 g/mol. The smallest absolute Gasteiger partial charge is 0.245 e. The van der Waals surface area contributed by atoms with E-state index in [9.17, 15) is 4.79 Å². The first-order valence-electron chi connectivity index (χ1n) is 11.2. The van der Waals surface area contributed by atoms with Gasteiger partial charge in [0.1, 0.15) is 6.04 Å². The van der Waals surface area contributed by atoms with Crippen molar-refractivity contribution in [2.45, 2.75) is 64.5 Å². The average Bonchev–Trinajstić information content (AvgIpc) is 3.23. The van der Waals surface area contributed by atoms with Crippen molar-refractivity contribution in [2.24, 2.45) is 11.8 Å². The molecule has 0 saturated carbocycles. The summed E-state index contributed by atoms with van der Waals surface area (Å²) in [4.78, 5) is 18.5. The number of hydrogen-bond acceptors (Lipinski definition) is 3. The SMILES string of the molecule is COCCN(C[C@@H]1CCCN2CCCC[C@H]12)C(=O)[C@H](CC(C)C)n1cccc1. The van der Waals surface area contributed by atoms with Gasteiger partial charge in [-0.3, -0.25) is 4.79 Å². The molecule has 28 heavy (non-hydrogen) atoms. The van der Waals surface area contributed by atoms with Crippen molar-refractivity contribution in [1.82, 2.24) is 14.4 Å². The molecule has 0 radical (unpaired) electrons. The molecule has 3 atom stereocenters. The number of fused-ring (bicyclic) bond motifs is 1. The Kier molecular flexibility index (Phi) is 7.98. The summed E-state index contributed by atoms with van der Waals surface area (Å²) in [6, 6.07) is 4.58. The van der Waals surface area contributed by atoms with Gasteiger partial charge >= 0.3 is 0 Å². The van der Waals surface area contributed by atoms with Gasteiger partial charge in [-0.2, -0.15) is 0 Å². The van der Waals surface area contributed by atoms with Crippen LogP contribution in [-0.4, -0.2) is 66.2 Å². The summed E-state index contributed by atoms with van der Waals surface area (Å²) in [5.74, 6) is 1.33. The van der Waals surface area contributed by atoms with Crippen LogP contribution in [0.1, 0.15) is 58.4 Å². The lowest BCUT2D eigenvalue weighted by Crippen LogP contribution is -2.52. The van der Waals surface area contributed by atoms with E-state index < -0.39 is 0 Å². The van der Waals surface area contributed by atoms with Crippen molar-refractivity contribution in [3.63, 3.8) is 0 Å². The highest BCUT2D eigenvalue weighted by Gasteiger charge is 2.36. The van der Waals surface area contributed by atoms with Crippen LogP contribution in [-0.2, 0) is 9.53 Å². The number of nitrogens with zero attached hydrogens (tertiary/aromatic N) is 3. The molecule has 5 nitrogen and oxygen atoms in total. The van der Waals surface area contributed by atoms with Crippen LogP contribution in [0.2, 0.25) is 0 Å². The fourth-order valence-electron chi connectivity index (χ4n) is 5.13. The van der Waals surface area contributed by atoms with Crippen molar-refractivity contribution in [1.29, 1.82) is 0 Å². The third-order valence-electron chi connectivity index (χ3n) is 6.53. The summed E-state index contributed by atoms with van der Waals surface area (Å²) >= 11 is 0. The molecule has 2 saturated heterocycles. The van der Waals surface area contributed by atoms with Crippen LogP contribution in [0.15, 0.2) is 24.5 Å². The molecule has 2 aliphatic heterocycles. The first kappa shape index (κ1) is 21.4. The topological polar surface area (TPSA) is 37.7 Å². The first-order valence-corrected chi connectivity index (χ1v) is 11.2. The molecule has 5 heteroatoms. The molecule has 0 spiro atoms. The second kappa shape index (κ2) is 10.4. The van der Waals surface area contributed by atoms with Crippen molar-refractivity contribution in [3.8, 4) is 0 Å². The maximum atomic E-state index is 13.7. The Morgan fingerprint density at radius 3 is 2.61 bits per heavy atom. The molecule has 1 amide bonds. The molecule has 0 N–H and O–H groups in total. The zero-order valence-electron chi connectivity index (χ0n) is 18.1. The second-order valence-corrected chi connectivity index (χ2v) is 9.05. The van der Waals surface area contributed by atoms with Gasteiger partial charge in [-0.25, -0.2) is 0 Å². The molecule has 1 aromatic rings. The van der Waals surface area contributed by atoms with Crippen LogP contribution in [0.25, 0.3) is 0 Å². The third kappa shape index (κ3) is 5.38. The van der Waals surface area contributed by atoms with Crippen LogP contribution in [0.3, 0.4) is 0 Å². The highest BCUT2D eigenvalue weighted by atomic mass is 16.5. The molecule has 3 heterocycles. The van der Waals surface area contributed by atoms with Crippen molar-refractivity contribution < 1.29 is 9.53 Å².